The van der Waals surface area contributed by atoms with Crippen LogP contribution in [0.4, 0.5) is 11.4 Å². The molecule has 4 aliphatic carbocycles. The van der Waals surface area contributed by atoms with Crippen LogP contribution in [-0.4, -0.2) is 33.6 Å². The summed E-state index contributed by atoms with van der Waals surface area (Å²) in [5, 5.41) is 13.4. The van der Waals surface area contributed by atoms with Crippen molar-refractivity contribution in [2.24, 2.45) is 35.5 Å². The summed E-state index contributed by atoms with van der Waals surface area (Å²) in [7, 11) is 0. The zero-order valence-corrected chi connectivity index (χ0v) is 15.1. The van der Waals surface area contributed by atoms with Crippen LogP contribution in [0.5, 0.6) is 0 Å². The van der Waals surface area contributed by atoms with Gasteiger partial charge >= 0.3 is 0 Å². The van der Waals surface area contributed by atoms with E-state index in [-0.39, 0.29) is 41.2 Å². The Hall–Kier alpha value is -3.03. The molecule has 2 saturated carbocycles. The van der Waals surface area contributed by atoms with Gasteiger partial charge in [0, 0.05) is 17.8 Å². The SMILES string of the molecule is C[C@H](C(=O)Nc1ccc([N+](=O)[O-])cc1)N1C(=O)[C@@H]2[C@H]3C=C[C@@H]([C@@H]4C[C@@H]34)[C@@H]2C1=O. The largest absolute Gasteiger partial charge is 0.324 e. The number of carbonyl (C=O) groups excluding carboxylic acids is 3. The van der Waals surface area contributed by atoms with E-state index < -0.39 is 16.9 Å². The third kappa shape index (κ3) is 2.26. The van der Waals surface area contributed by atoms with Crippen LogP contribution in [0.1, 0.15) is 13.3 Å². The summed E-state index contributed by atoms with van der Waals surface area (Å²) in [6.07, 6.45) is 5.28. The number of hydrogen-bond acceptors (Lipinski definition) is 5. The molecule has 1 saturated heterocycles. The van der Waals surface area contributed by atoms with E-state index in [2.05, 4.69) is 17.5 Å². The number of allylic oxidation sites excluding steroid dienone is 2. The van der Waals surface area contributed by atoms with Crippen molar-refractivity contribution in [3.05, 3.63) is 46.5 Å². The zero-order valence-electron chi connectivity index (χ0n) is 15.1. The number of benzene rings is 1. The number of imide groups is 1. The van der Waals surface area contributed by atoms with Crippen LogP contribution in [0.25, 0.3) is 0 Å². The molecule has 1 aromatic carbocycles. The predicted molar refractivity (Wildman–Crippen MR) is 97.7 cm³/mol. The van der Waals surface area contributed by atoms with E-state index in [9.17, 15) is 24.5 Å². The van der Waals surface area contributed by atoms with Crippen molar-refractivity contribution < 1.29 is 19.3 Å². The molecule has 3 amide bonds. The van der Waals surface area contributed by atoms with E-state index in [1.54, 1.807) is 6.92 Å². The normalized spacial score (nSPS) is 35.4. The van der Waals surface area contributed by atoms with Gasteiger partial charge in [-0.05, 0) is 49.1 Å². The Morgan fingerprint density at radius 1 is 1.11 bits per heavy atom. The molecule has 0 radical (unpaired) electrons. The van der Waals surface area contributed by atoms with E-state index in [1.807, 2.05) is 0 Å². The third-order valence-corrected chi connectivity index (χ3v) is 6.81. The van der Waals surface area contributed by atoms with Gasteiger partial charge in [-0.2, -0.15) is 0 Å². The standard InChI is InChI=1S/C20H19N3O5/c1-9(18(24)21-10-2-4-11(5-3-10)23(27)28)22-19(25)16-12-6-7-13(15-8-14(12)15)17(16)20(22)26/h2-7,9,12-17H,8H2,1H3,(H,21,24)/t9-,12+,13+,14+,15+,16-,17+/m1/s1. The number of amides is 3. The van der Waals surface area contributed by atoms with Crippen LogP contribution < -0.4 is 5.32 Å². The topological polar surface area (TPSA) is 110 Å². The fraction of sp³-hybridized carbons (Fsp3) is 0.450. The van der Waals surface area contributed by atoms with Crippen molar-refractivity contribution in [3.63, 3.8) is 0 Å². The summed E-state index contributed by atoms with van der Waals surface area (Å²) in [5.41, 5.74) is 0.295. The minimum absolute atomic E-state index is 0.0819. The van der Waals surface area contributed by atoms with Gasteiger partial charge in [-0.1, -0.05) is 12.2 Å². The summed E-state index contributed by atoms with van der Waals surface area (Å²) in [5.74, 6) is -0.384. The van der Waals surface area contributed by atoms with E-state index in [0.717, 1.165) is 11.3 Å². The fourth-order valence-electron chi connectivity index (χ4n) is 5.39. The first kappa shape index (κ1) is 17.1. The summed E-state index contributed by atoms with van der Waals surface area (Å²) in [6.45, 7) is 1.55. The second-order valence-corrected chi connectivity index (χ2v) is 8.17. The molecule has 1 N–H and O–H groups in total. The minimum Gasteiger partial charge on any atom is -0.324 e. The molecule has 1 heterocycles. The molecule has 0 aromatic heterocycles. The second kappa shape index (κ2) is 5.73. The molecular weight excluding hydrogens is 362 g/mol. The first-order chi connectivity index (χ1) is 13.4. The van der Waals surface area contributed by atoms with Gasteiger partial charge in [-0.15, -0.1) is 0 Å². The quantitative estimate of drug-likeness (QED) is 0.371. The molecule has 28 heavy (non-hydrogen) atoms. The Morgan fingerprint density at radius 2 is 1.64 bits per heavy atom. The highest BCUT2D eigenvalue weighted by Crippen LogP contribution is 2.65. The van der Waals surface area contributed by atoms with Gasteiger partial charge < -0.3 is 5.32 Å². The van der Waals surface area contributed by atoms with Gasteiger partial charge in [0.05, 0.1) is 16.8 Å². The first-order valence-corrected chi connectivity index (χ1v) is 9.49. The lowest BCUT2D eigenvalue weighted by atomic mass is 9.63. The van der Waals surface area contributed by atoms with Gasteiger partial charge in [0.15, 0.2) is 0 Å². The molecule has 8 nitrogen and oxygen atoms in total. The lowest BCUT2D eigenvalue weighted by Crippen LogP contribution is -2.46. The lowest BCUT2D eigenvalue weighted by Gasteiger charge is -2.37. The summed E-state index contributed by atoms with van der Waals surface area (Å²) >= 11 is 0. The highest BCUT2D eigenvalue weighted by Gasteiger charge is 2.67. The number of rotatable bonds is 4. The number of nitro groups is 1. The van der Waals surface area contributed by atoms with Crippen LogP contribution >= 0.6 is 0 Å². The van der Waals surface area contributed by atoms with Crippen molar-refractivity contribution in [1.29, 1.82) is 0 Å². The molecule has 6 rings (SSSR count). The van der Waals surface area contributed by atoms with Crippen LogP contribution in [0.15, 0.2) is 36.4 Å². The maximum atomic E-state index is 13.0. The van der Waals surface area contributed by atoms with Crippen LogP contribution in [0.3, 0.4) is 0 Å². The molecule has 8 heteroatoms. The second-order valence-electron chi connectivity index (χ2n) is 8.17. The molecule has 1 aromatic rings. The van der Waals surface area contributed by atoms with Gasteiger partial charge in [0.1, 0.15) is 6.04 Å². The van der Waals surface area contributed by atoms with Crippen molar-refractivity contribution >= 4 is 29.1 Å². The van der Waals surface area contributed by atoms with Crippen molar-refractivity contribution in [2.45, 2.75) is 19.4 Å². The number of nitro benzene ring substituents is 1. The molecule has 7 atom stereocenters. The number of carbonyl (C=O) groups is 3. The Kier molecular flexibility index (Phi) is 3.50. The lowest BCUT2D eigenvalue weighted by molar-refractivity contribution is -0.384. The zero-order chi connectivity index (χ0) is 19.7. The van der Waals surface area contributed by atoms with Gasteiger partial charge in [-0.25, -0.2) is 0 Å². The van der Waals surface area contributed by atoms with E-state index in [0.29, 0.717) is 17.5 Å². The van der Waals surface area contributed by atoms with Crippen molar-refractivity contribution in [1.82, 2.24) is 4.90 Å². The molecule has 2 bridgehead atoms. The maximum absolute atomic E-state index is 13.0. The Morgan fingerprint density at radius 3 is 2.14 bits per heavy atom. The fourth-order valence-corrected chi connectivity index (χ4v) is 5.39. The molecule has 0 spiro atoms. The summed E-state index contributed by atoms with van der Waals surface area (Å²) in [4.78, 5) is 50.1. The monoisotopic (exact) mass is 381 g/mol. The number of nitrogens with zero attached hydrogens (tertiary/aromatic N) is 2. The number of likely N-dealkylation sites (tertiary alicyclic amines) is 1. The third-order valence-electron chi connectivity index (χ3n) is 6.81. The number of hydrogen-bond donors (Lipinski definition) is 1. The first-order valence-electron chi connectivity index (χ1n) is 9.49. The Balaban J connectivity index is 1.33. The Bertz CT molecular complexity index is 904. The molecule has 0 unspecified atom stereocenters. The molecule has 5 aliphatic rings. The van der Waals surface area contributed by atoms with Gasteiger partial charge in [-0.3, -0.25) is 29.4 Å². The highest BCUT2D eigenvalue weighted by molar-refractivity contribution is 6.10. The molecule has 144 valence electrons. The van der Waals surface area contributed by atoms with Crippen LogP contribution in [0, 0.1) is 45.6 Å². The average Bonchev–Trinajstić information content (AvgIpc) is 3.45. The number of nitrogens with one attached hydrogen (secondary N) is 1. The number of anilines is 1. The van der Waals surface area contributed by atoms with Gasteiger partial charge in [0.2, 0.25) is 17.7 Å². The minimum atomic E-state index is -0.934. The Labute approximate surface area is 160 Å². The molecule has 3 fully saturated rings. The average molecular weight is 381 g/mol. The van der Waals surface area contributed by atoms with Crippen LogP contribution in [-0.2, 0) is 14.4 Å². The summed E-state index contributed by atoms with van der Waals surface area (Å²) in [6, 6.07) is 4.49. The number of non-ortho nitro benzene ring substituents is 1. The predicted octanol–water partition coefficient (Wildman–Crippen LogP) is 1.97. The van der Waals surface area contributed by atoms with E-state index in [4.69, 9.17) is 0 Å². The van der Waals surface area contributed by atoms with E-state index in [1.165, 1.54) is 24.3 Å². The smallest absolute Gasteiger partial charge is 0.269 e. The van der Waals surface area contributed by atoms with Crippen molar-refractivity contribution in [2.75, 3.05) is 5.32 Å². The highest BCUT2D eigenvalue weighted by atomic mass is 16.6. The maximum Gasteiger partial charge on any atom is 0.269 e. The van der Waals surface area contributed by atoms with Crippen molar-refractivity contribution in [3.8, 4) is 0 Å². The molecule has 1 aliphatic heterocycles. The summed E-state index contributed by atoms with van der Waals surface area (Å²) < 4.78 is 0. The van der Waals surface area contributed by atoms with Crippen LogP contribution in [0.2, 0.25) is 0 Å². The van der Waals surface area contributed by atoms with E-state index >= 15 is 0 Å². The van der Waals surface area contributed by atoms with Gasteiger partial charge in [0.25, 0.3) is 5.69 Å². The molecular formula is C20H19N3O5.